The van der Waals surface area contributed by atoms with Crippen molar-refractivity contribution in [3.63, 3.8) is 0 Å². The van der Waals surface area contributed by atoms with Crippen LogP contribution in [0.25, 0.3) is 0 Å². The summed E-state index contributed by atoms with van der Waals surface area (Å²) in [5, 5.41) is 2.82. The maximum atomic E-state index is 12.2. The standard InChI is InChI=1S/C20H22BrNO4/c1-4-13(2)15-7-5-6-8-17(15)22-19(23)12-26-20(24)14-9-10-18(25-3)16(21)11-14/h5-11,13H,4,12H2,1-3H3,(H,22,23)/t13-/m1/s1. The molecule has 0 fully saturated rings. The first-order valence-electron chi connectivity index (χ1n) is 8.35. The fourth-order valence-corrected chi connectivity index (χ4v) is 3.00. The SMILES string of the molecule is CC[C@@H](C)c1ccccc1NC(=O)COC(=O)c1ccc(OC)c(Br)c1. The van der Waals surface area contributed by atoms with Gasteiger partial charge in [0.25, 0.3) is 5.91 Å². The Bertz CT molecular complexity index is 791. The summed E-state index contributed by atoms with van der Waals surface area (Å²) >= 11 is 3.32. The van der Waals surface area contributed by atoms with Gasteiger partial charge in [-0.3, -0.25) is 4.79 Å². The molecule has 0 unspecified atom stereocenters. The molecule has 0 aliphatic rings. The predicted molar refractivity (Wildman–Crippen MR) is 105 cm³/mol. The minimum Gasteiger partial charge on any atom is -0.496 e. The number of esters is 1. The van der Waals surface area contributed by atoms with Crippen molar-refractivity contribution >= 4 is 33.5 Å². The van der Waals surface area contributed by atoms with Crippen LogP contribution in [0.4, 0.5) is 5.69 Å². The van der Waals surface area contributed by atoms with Crippen LogP contribution in [-0.2, 0) is 9.53 Å². The van der Waals surface area contributed by atoms with Gasteiger partial charge in [0.05, 0.1) is 17.1 Å². The van der Waals surface area contributed by atoms with E-state index in [0.29, 0.717) is 21.7 Å². The Morgan fingerprint density at radius 3 is 2.58 bits per heavy atom. The van der Waals surface area contributed by atoms with Crippen LogP contribution < -0.4 is 10.1 Å². The third-order valence-electron chi connectivity index (χ3n) is 4.10. The van der Waals surface area contributed by atoms with Gasteiger partial charge in [0.15, 0.2) is 6.61 Å². The molecule has 0 aromatic heterocycles. The van der Waals surface area contributed by atoms with E-state index in [1.807, 2.05) is 24.3 Å². The number of methoxy groups -OCH3 is 1. The number of amides is 1. The smallest absolute Gasteiger partial charge is 0.338 e. The summed E-state index contributed by atoms with van der Waals surface area (Å²) in [6, 6.07) is 12.5. The zero-order valence-corrected chi connectivity index (χ0v) is 16.6. The minimum atomic E-state index is -0.571. The van der Waals surface area contributed by atoms with E-state index in [4.69, 9.17) is 9.47 Å². The minimum absolute atomic E-state index is 0.325. The molecule has 0 saturated heterocycles. The average molecular weight is 420 g/mol. The molecule has 5 nitrogen and oxygen atoms in total. The lowest BCUT2D eigenvalue weighted by Crippen LogP contribution is -2.21. The Morgan fingerprint density at radius 1 is 1.19 bits per heavy atom. The van der Waals surface area contributed by atoms with Crippen LogP contribution in [0.1, 0.15) is 42.1 Å². The van der Waals surface area contributed by atoms with Gasteiger partial charge < -0.3 is 14.8 Å². The highest BCUT2D eigenvalue weighted by Crippen LogP contribution is 2.27. The first-order valence-corrected chi connectivity index (χ1v) is 9.15. The Labute approximate surface area is 161 Å². The number of ether oxygens (including phenoxy) is 2. The molecule has 1 N–H and O–H groups in total. The number of rotatable bonds is 7. The van der Waals surface area contributed by atoms with Crippen molar-refractivity contribution in [1.29, 1.82) is 0 Å². The lowest BCUT2D eigenvalue weighted by Gasteiger charge is -2.15. The maximum absolute atomic E-state index is 12.2. The molecule has 2 rings (SSSR count). The summed E-state index contributed by atoms with van der Waals surface area (Å²) in [6.45, 7) is 3.85. The molecule has 2 aromatic carbocycles. The second kappa shape index (κ2) is 9.38. The molecule has 0 radical (unpaired) electrons. The molecule has 2 aromatic rings. The van der Waals surface area contributed by atoms with Crippen molar-refractivity contribution in [2.24, 2.45) is 0 Å². The van der Waals surface area contributed by atoms with Crippen molar-refractivity contribution in [2.75, 3.05) is 19.0 Å². The van der Waals surface area contributed by atoms with Crippen molar-refractivity contribution in [1.82, 2.24) is 0 Å². The molecule has 1 amide bonds. The van der Waals surface area contributed by atoms with Gasteiger partial charge in [-0.15, -0.1) is 0 Å². The van der Waals surface area contributed by atoms with Gasteiger partial charge in [-0.05, 0) is 58.1 Å². The lowest BCUT2D eigenvalue weighted by molar-refractivity contribution is -0.119. The molecule has 6 heteroatoms. The van der Waals surface area contributed by atoms with Gasteiger partial charge >= 0.3 is 5.97 Å². The average Bonchev–Trinajstić information content (AvgIpc) is 2.65. The van der Waals surface area contributed by atoms with E-state index in [1.165, 1.54) is 0 Å². The zero-order valence-electron chi connectivity index (χ0n) is 15.0. The Morgan fingerprint density at radius 2 is 1.92 bits per heavy atom. The highest BCUT2D eigenvalue weighted by atomic mass is 79.9. The van der Waals surface area contributed by atoms with Crippen LogP contribution in [0.2, 0.25) is 0 Å². The van der Waals surface area contributed by atoms with E-state index in [0.717, 1.165) is 17.7 Å². The van der Waals surface area contributed by atoms with Gasteiger partial charge in [-0.1, -0.05) is 32.0 Å². The maximum Gasteiger partial charge on any atom is 0.338 e. The second-order valence-corrected chi connectivity index (χ2v) is 6.72. The molecule has 26 heavy (non-hydrogen) atoms. The third kappa shape index (κ3) is 5.08. The number of hydrogen-bond acceptors (Lipinski definition) is 4. The molecule has 138 valence electrons. The van der Waals surface area contributed by atoms with Crippen molar-refractivity contribution in [2.45, 2.75) is 26.2 Å². The predicted octanol–water partition coefficient (Wildman–Crippen LogP) is 4.77. The molecular weight excluding hydrogens is 398 g/mol. The molecule has 1 atom stereocenters. The number of halogens is 1. The fourth-order valence-electron chi connectivity index (χ4n) is 2.45. The topological polar surface area (TPSA) is 64.6 Å². The summed E-state index contributed by atoms with van der Waals surface area (Å²) in [7, 11) is 1.54. The van der Waals surface area contributed by atoms with Crippen LogP contribution in [0.15, 0.2) is 46.9 Å². The molecule has 0 aliphatic heterocycles. The van der Waals surface area contributed by atoms with E-state index < -0.39 is 5.97 Å². The monoisotopic (exact) mass is 419 g/mol. The number of para-hydroxylation sites is 1. The molecule has 0 aliphatic carbocycles. The highest BCUT2D eigenvalue weighted by Gasteiger charge is 2.14. The number of nitrogens with one attached hydrogen (secondary N) is 1. The molecule has 0 saturated carbocycles. The summed E-state index contributed by atoms with van der Waals surface area (Å²) in [6.07, 6.45) is 0.966. The van der Waals surface area contributed by atoms with E-state index in [9.17, 15) is 9.59 Å². The Hall–Kier alpha value is -2.34. The normalized spacial score (nSPS) is 11.5. The van der Waals surface area contributed by atoms with Crippen molar-refractivity contribution in [3.8, 4) is 5.75 Å². The van der Waals surface area contributed by atoms with Gasteiger partial charge in [0.2, 0.25) is 0 Å². The number of anilines is 1. The number of hydrogen-bond donors (Lipinski definition) is 1. The van der Waals surface area contributed by atoms with Crippen molar-refractivity contribution < 1.29 is 19.1 Å². The fraction of sp³-hybridized carbons (Fsp3) is 0.300. The summed E-state index contributed by atoms with van der Waals surface area (Å²) in [5.41, 5.74) is 2.15. The van der Waals surface area contributed by atoms with Gasteiger partial charge in [-0.25, -0.2) is 4.79 Å². The van der Waals surface area contributed by atoms with Gasteiger partial charge in [-0.2, -0.15) is 0 Å². The summed E-state index contributed by atoms with van der Waals surface area (Å²) in [4.78, 5) is 24.3. The van der Waals surface area contributed by atoms with Crippen LogP contribution in [0, 0.1) is 0 Å². The number of carbonyl (C=O) groups excluding carboxylic acids is 2. The summed E-state index contributed by atoms with van der Waals surface area (Å²) < 4.78 is 10.9. The van der Waals surface area contributed by atoms with E-state index >= 15 is 0 Å². The Kier molecular flexibility index (Phi) is 7.21. The van der Waals surface area contributed by atoms with Crippen LogP contribution in [0.3, 0.4) is 0 Å². The van der Waals surface area contributed by atoms with Crippen LogP contribution in [-0.4, -0.2) is 25.6 Å². The van der Waals surface area contributed by atoms with Gasteiger partial charge in [0, 0.05) is 5.69 Å². The van der Waals surface area contributed by atoms with Crippen molar-refractivity contribution in [3.05, 3.63) is 58.1 Å². The zero-order chi connectivity index (χ0) is 19.1. The highest BCUT2D eigenvalue weighted by molar-refractivity contribution is 9.10. The number of benzene rings is 2. The molecule has 0 heterocycles. The van der Waals surface area contributed by atoms with E-state index in [2.05, 4.69) is 35.1 Å². The number of carbonyl (C=O) groups is 2. The van der Waals surface area contributed by atoms with Gasteiger partial charge in [0.1, 0.15) is 5.75 Å². The lowest BCUT2D eigenvalue weighted by atomic mass is 9.97. The van der Waals surface area contributed by atoms with E-state index in [1.54, 1.807) is 25.3 Å². The largest absolute Gasteiger partial charge is 0.496 e. The third-order valence-corrected chi connectivity index (χ3v) is 4.72. The van der Waals surface area contributed by atoms with Crippen LogP contribution in [0.5, 0.6) is 5.75 Å². The first-order chi connectivity index (χ1) is 12.5. The second-order valence-electron chi connectivity index (χ2n) is 5.87. The van der Waals surface area contributed by atoms with Crippen LogP contribution >= 0.6 is 15.9 Å². The summed E-state index contributed by atoms with van der Waals surface area (Å²) in [5.74, 6) is -0.00737. The van der Waals surface area contributed by atoms with E-state index in [-0.39, 0.29) is 12.5 Å². The Balaban J connectivity index is 1.97. The molecular formula is C20H22BrNO4. The molecule has 0 bridgehead atoms. The quantitative estimate of drug-likeness (QED) is 0.656. The first kappa shape index (κ1) is 20.0. The molecule has 0 spiro atoms.